The molecule has 0 aliphatic rings. The summed E-state index contributed by atoms with van der Waals surface area (Å²) in [5, 5.41) is 58.3. The molecule has 7 N–H and O–H groups in total. The molecule has 3 heterocycles. The summed E-state index contributed by atoms with van der Waals surface area (Å²) >= 11 is 1.78. The standard InChI is InChI=1S/C45H40N10O18S7/c1-22-14-32(51-53-40-23(2)29(20-46)43-47-39-24(3)37(79(67,68)69)9-8-34(39)55(43)44(40)57)35(73-10-4-12-76(58,59)60)18-30(22)49-52-33-15-26(21-56)31(19-36(33)74-11-5-13-77(61,62)63)50-54-45-48-41-38(80(70,71)72)16-25-6-7-27(78(64,65)66)17-28(25)42(41)75-45/h6-9,14-19,56-57H,4-5,10-13,21H2,1-3H3,(H,58,59,60)(H,61,62,63)(H,64,65,66)(H,67,68,69)(H,70,71,72). The first kappa shape index (κ1) is 59.1. The van der Waals surface area contributed by atoms with E-state index in [0.717, 1.165) is 51.8 Å². The number of thiazole rings is 1. The molecule has 80 heavy (non-hydrogen) atoms. The van der Waals surface area contributed by atoms with Crippen molar-refractivity contribution in [1.29, 1.82) is 5.26 Å². The highest BCUT2D eigenvalue weighted by molar-refractivity contribution is 7.99. The van der Waals surface area contributed by atoms with Gasteiger partial charge in [0.05, 0.1) is 67.3 Å². The van der Waals surface area contributed by atoms with Gasteiger partial charge in [-0.1, -0.05) is 17.4 Å². The normalized spacial score (nSPS) is 13.1. The SMILES string of the molecule is Cc1cc(N=Nc2c(C)c(C#N)c3nc4c(C)c(S(=O)(=O)O)ccc4n3c2O)c(OCCCS(=O)(=O)O)cc1N=Nc1cc(CO)c(N=Nc2nc3c(S(=O)(=O)O)cc4ccc(S(=O)(=O)O)cc4c3s2)cc1SCCCS(=O)(=O)O. The number of aromatic hydroxyl groups is 1. The van der Waals surface area contributed by atoms with Gasteiger partial charge in [0.1, 0.15) is 33.5 Å². The van der Waals surface area contributed by atoms with Crippen molar-refractivity contribution in [1.82, 2.24) is 14.4 Å². The molecule has 0 bridgehead atoms. The molecule has 0 unspecified atom stereocenters. The number of aryl methyl sites for hydroxylation is 2. The average Bonchev–Trinajstić information content (AvgIpc) is 3.98. The van der Waals surface area contributed by atoms with E-state index in [4.69, 9.17) is 4.74 Å². The van der Waals surface area contributed by atoms with Gasteiger partial charge in [0.2, 0.25) is 11.0 Å². The number of aliphatic hydroxyl groups is 1. The number of nitrogens with zero attached hydrogens (tertiary/aromatic N) is 10. The Morgan fingerprint density at radius 2 is 1.35 bits per heavy atom. The average molecular weight is 1230 g/mol. The third-order valence-electron chi connectivity index (χ3n) is 11.8. The molecule has 0 amide bonds. The topological polar surface area (TPSA) is 450 Å². The maximum absolute atomic E-state index is 12.5. The van der Waals surface area contributed by atoms with Crippen molar-refractivity contribution in [3.05, 3.63) is 88.5 Å². The third kappa shape index (κ3) is 12.9. The molecule has 0 radical (unpaired) electrons. The van der Waals surface area contributed by atoms with Crippen LogP contribution in [0.25, 0.3) is 37.7 Å². The zero-order valence-corrected chi connectivity index (χ0v) is 46.9. The predicted octanol–water partition coefficient (Wildman–Crippen LogP) is 9.26. The number of imidazole rings is 1. The fourth-order valence-electron chi connectivity index (χ4n) is 7.99. The molecule has 0 saturated carbocycles. The second-order valence-corrected chi connectivity index (χ2v) is 26.7. The van der Waals surface area contributed by atoms with Gasteiger partial charge in [-0.3, -0.25) is 27.2 Å². The first-order chi connectivity index (χ1) is 37.4. The van der Waals surface area contributed by atoms with Crippen LogP contribution in [-0.4, -0.2) is 113 Å². The van der Waals surface area contributed by atoms with Crippen molar-refractivity contribution < 1.29 is 79.8 Å². The third-order valence-corrected chi connectivity index (χ3v) is 18.2. The van der Waals surface area contributed by atoms with Crippen LogP contribution in [0.5, 0.6) is 11.6 Å². The summed E-state index contributed by atoms with van der Waals surface area (Å²) in [5.74, 6) is -1.88. The lowest BCUT2D eigenvalue weighted by atomic mass is 10.1. The summed E-state index contributed by atoms with van der Waals surface area (Å²) < 4.78 is 175. The molecule has 8 rings (SSSR count). The Morgan fingerprint density at radius 1 is 0.688 bits per heavy atom. The van der Waals surface area contributed by atoms with E-state index >= 15 is 0 Å². The Hall–Kier alpha value is -7.05. The molecule has 28 nitrogen and oxygen atoms in total. The Bertz CT molecular complexity index is 4640. The van der Waals surface area contributed by atoms with Crippen LogP contribution in [0.15, 0.2) is 111 Å². The van der Waals surface area contributed by atoms with Crippen LogP contribution in [0.3, 0.4) is 0 Å². The van der Waals surface area contributed by atoms with E-state index in [2.05, 4.69) is 40.7 Å². The molecule has 8 aromatic rings. The summed E-state index contributed by atoms with van der Waals surface area (Å²) in [5.41, 5.74) is 0.237. The van der Waals surface area contributed by atoms with Gasteiger partial charge in [0.25, 0.3) is 50.6 Å². The maximum atomic E-state index is 12.5. The molecular formula is C45H40N10O18S7. The van der Waals surface area contributed by atoms with Gasteiger partial charge >= 0.3 is 0 Å². The van der Waals surface area contributed by atoms with Crippen LogP contribution in [0, 0.1) is 32.1 Å². The van der Waals surface area contributed by atoms with Crippen LogP contribution < -0.4 is 4.74 Å². The van der Waals surface area contributed by atoms with E-state index in [-0.39, 0.29) is 129 Å². The highest BCUT2D eigenvalue weighted by Gasteiger charge is 2.26. The second kappa shape index (κ2) is 22.5. The van der Waals surface area contributed by atoms with Gasteiger partial charge in [-0.25, -0.2) is 9.97 Å². The zero-order valence-electron chi connectivity index (χ0n) is 41.2. The fourth-order valence-corrected chi connectivity index (χ4v) is 13.0. The van der Waals surface area contributed by atoms with Gasteiger partial charge in [-0.15, -0.1) is 37.3 Å². The van der Waals surface area contributed by atoms with E-state index in [9.17, 15) is 80.3 Å². The number of hydrogen-bond donors (Lipinski definition) is 7. The lowest BCUT2D eigenvalue weighted by molar-refractivity contribution is 0.282. The van der Waals surface area contributed by atoms with E-state index in [1.165, 1.54) is 50.2 Å². The van der Waals surface area contributed by atoms with E-state index in [1.807, 2.05) is 6.07 Å². The number of benzene rings is 5. The number of nitriles is 1. The molecule has 5 aromatic carbocycles. The van der Waals surface area contributed by atoms with Gasteiger partial charge in [-0.05, 0) is 104 Å². The monoisotopic (exact) mass is 1230 g/mol. The van der Waals surface area contributed by atoms with Gasteiger partial charge in [0, 0.05) is 27.5 Å². The number of ether oxygens (including phenoxy) is 1. The summed E-state index contributed by atoms with van der Waals surface area (Å²) in [6.07, 6.45) is -0.263. The number of thioether (sulfide) groups is 1. The van der Waals surface area contributed by atoms with E-state index in [0.29, 0.717) is 5.56 Å². The largest absolute Gasteiger partial charge is 0.493 e. The Morgan fingerprint density at radius 3 is 2.00 bits per heavy atom. The number of fused-ring (bicyclic) bond motifs is 6. The van der Waals surface area contributed by atoms with Crippen molar-refractivity contribution >= 4 is 145 Å². The van der Waals surface area contributed by atoms with Crippen LogP contribution in [-0.2, 0) is 57.2 Å². The minimum Gasteiger partial charge on any atom is -0.493 e. The predicted molar refractivity (Wildman–Crippen MR) is 289 cm³/mol. The first-order valence-corrected chi connectivity index (χ1v) is 31.9. The number of rotatable bonds is 20. The fraction of sp³-hybridized carbons (Fsp3) is 0.222. The highest BCUT2D eigenvalue weighted by atomic mass is 32.2. The van der Waals surface area contributed by atoms with Crippen LogP contribution in [0.2, 0.25) is 0 Å². The molecule has 0 aliphatic carbocycles. The van der Waals surface area contributed by atoms with Crippen LogP contribution in [0.4, 0.5) is 33.6 Å². The Labute approximate surface area is 462 Å². The molecule has 0 fully saturated rings. The van der Waals surface area contributed by atoms with Crippen molar-refractivity contribution in [2.45, 2.75) is 59.8 Å². The zero-order chi connectivity index (χ0) is 58.4. The summed E-state index contributed by atoms with van der Waals surface area (Å²) in [4.78, 5) is 7.29. The molecular weight excluding hydrogens is 1190 g/mol. The number of aromatic nitrogens is 3. The minimum absolute atomic E-state index is 0.00655. The van der Waals surface area contributed by atoms with Crippen molar-refractivity contribution in [3.63, 3.8) is 0 Å². The van der Waals surface area contributed by atoms with E-state index < -0.39 is 89.3 Å². The molecule has 420 valence electrons. The minimum atomic E-state index is -4.92. The molecule has 0 atom stereocenters. The van der Waals surface area contributed by atoms with Gasteiger partial charge < -0.3 is 14.9 Å². The van der Waals surface area contributed by atoms with Crippen molar-refractivity contribution in [3.8, 4) is 17.7 Å². The van der Waals surface area contributed by atoms with E-state index in [1.54, 1.807) is 6.92 Å². The Balaban J connectivity index is 1.19. The number of hydrogen-bond acceptors (Lipinski definition) is 24. The molecule has 3 aromatic heterocycles. The first-order valence-electron chi connectivity index (χ1n) is 22.6. The number of pyridine rings is 1. The molecule has 35 heteroatoms. The number of azo groups is 3. The Kier molecular flexibility index (Phi) is 16.6. The van der Waals surface area contributed by atoms with Crippen LogP contribution in [0.1, 0.15) is 40.7 Å². The van der Waals surface area contributed by atoms with Gasteiger partial charge in [0.15, 0.2) is 11.3 Å². The summed E-state index contributed by atoms with van der Waals surface area (Å²) in [6, 6.07) is 14.3. The molecule has 0 aliphatic heterocycles. The lowest BCUT2D eigenvalue weighted by Crippen LogP contribution is -2.08. The van der Waals surface area contributed by atoms with Crippen molar-refractivity contribution in [2.75, 3.05) is 23.9 Å². The molecule has 0 spiro atoms. The van der Waals surface area contributed by atoms with Crippen molar-refractivity contribution in [2.24, 2.45) is 30.7 Å². The lowest BCUT2D eigenvalue weighted by Gasteiger charge is -2.12. The summed E-state index contributed by atoms with van der Waals surface area (Å²) in [6.45, 7) is 3.41. The molecule has 0 saturated heterocycles. The smallest absolute Gasteiger partial charge is 0.296 e. The number of aliphatic hydroxyl groups excluding tert-OH is 1. The van der Waals surface area contributed by atoms with Crippen LogP contribution >= 0.6 is 23.1 Å². The maximum Gasteiger partial charge on any atom is 0.296 e. The highest BCUT2D eigenvalue weighted by Crippen LogP contribution is 2.44. The summed E-state index contributed by atoms with van der Waals surface area (Å²) in [7, 11) is -23.1. The van der Waals surface area contributed by atoms with Gasteiger partial charge in [-0.2, -0.15) is 52.5 Å². The second-order valence-electron chi connectivity index (χ2n) is 17.3. The quantitative estimate of drug-likeness (QED) is 0.0162.